The maximum atomic E-state index is 15.2. The summed E-state index contributed by atoms with van der Waals surface area (Å²) in [6.45, 7) is 1.03. The molecule has 1 heterocycles. The summed E-state index contributed by atoms with van der Waals surface area (Å²) < 4.78 is 43.5. The fourth-order valence-electron chi connectivity index (χ4n) is 4.65. The number of amides is 2. The second-order valence-electron chi connectivity index (χ2n) is 10.7. The van der Waals surface area contributed by atoms with Crippen LogP contribution in [0.3, 0.4) is 0 Å². The maximum Gasteiger partial charge on any atom is 0.414 e. The third-order valence-corrected chi connectivity index (χ3v) is 11.6. The van der Waals surface area contributed by atoms with E-state index in [9.17, 15) is 38.5 Å². The molecule has 15 nitrogen and oxygen atoms in total. The third-order valence-electron chi connectivity index (χ3n) is 7.32. The van der Waals surface area contributed by atoms with E-state index in [0.717, 1.165) is 17.3 Å². The van der Waals surface area contributed by atoms with Gasteiger partial charge in [-0.2, -0.15) is 0 Å². The zero-order valence-corrected chi connectivity index (χ0v) is 27.9. The van der Waals surface area contributed by atoms with Crippen LogP contribution in [0.2, 0.25) is 0 Å². The molecule has 2 amide bonds. The molecule has 0 radical (unpaired) electrons. The average Bonchev–Trinajstić information content (AvgIpc) is 3.43. The molecule has 1 saturated heterocycles. The number of carbonyl (C=O) groups excluding carboxylic acids is 2. The van der Waals surface area contributed by atoms with Gasteiger partial charge in [0.2, 0.25) is 13.1 Å². The van der Waals surface area contributed by atoms with E-state index >= 15 is 4.39 Å². The molecule has 0 spiro atoms. The molecular weight excluding hydrogens is 689 g/mol. The maximum absolute atomic E-state index is 15.2. The Bertz CT molecular complexity index is 1730. The van der Waals surface area contributed by atoms with Gasteiger partial charge in [-0.3, -0.25) is 24.7 Å². The van der Waals surface area contributed by atoms with Gasteiger partial charge >= 0.3 is 13.7 Å². The Kier molecular flexibility index (Phi) is 12.4. The van der Waals surface area contributed by atoms with Gasteiger partial charge in [0.25, 0.3) is 5.24 Å². The van der Waals surface area contributed by atoms with E-state index in [2.05, 4.69) is 16.1 Å². The van der Waals surface area contributed by atoms with Crippen molar-refractivity contribution in [3.63, 3.8) is 0 Å². The summed E-state index contributed by atoms with van der Waals surface area (Å²) in [7, 11) is -9.33. The Morgan fingerprint density at radius 3 is 2.40 bits per heavy atom. The smallest absolute Gasteiger partial charge is 0.414 e. The third kappa shape index (κ3) is 9.23. The molecule has 1 fully saturated rings. The standard InChI is InChI=1S/C29H35FN6O9P2S/c30-26-11-22(7-10-25(26)20-5-1-19(2-6-20)14-33-15-21(13-31)35-32)36-17-23(45-28(36)38)16-34-27(37)48-24-8-3-18(4-9-24)12-29(39,46(40)41)47(42,43)44/h1-11,13,23,33,35,39,46H,12,14-17,31-32H2,(H,34,37)(H,40,41)(H2,42,43,44)/b21-13-/t23-,29?/m0/s1. The number of rotatable bonds is 14. The number of nitrogens with zero attached hydrogens (tertiary/aromatic N) is 1. The van der Waals surface area contributed by atoms with E-state index in [0.29, 0.717) is 40.5 Å². The number of anilines is 1. The molecule has 0 aliphatic carbocycles. The lowest BCUT2D eigenvalue weighted by Crippen LogP contribution is -2.32. The average molecular weight is 725 g/mol. The first-order valence-electron chi connectivity index (χ1n) is 14.2. The highest BCUT2D eigenvalue weighted by atomic mass is 32.2. The van der Waals surface area contributed by atoms with Gasteiger partial charge in [-0.05, 0) is 58.8 Å². The first-order valence-corrected chi connectivity index (χ1v) is 18.0. The number of hydrazine groups is 1. The molecule has 1 aliphatic rings. The van der Waals surface area contributed by atoms with Gasteiger partial charge in [0.1, 0.15) is 11.9 Å². The molecule has 11 N–H and O–H groups in total. The van der Waals surface area contributed by atoms with Crippen LogP contribution in [-0.2, 0) is 26.8 Å². The van der Waals surface area contributed by atoms with Crippen molar-refractivity contribution in [3.8, 4) is 11.1 Å². The number of benzene rings is 3. The number of thioether (sulfide) groups is 1. The van der Waals surface area contributed by atoms with Crippen LogP contribution in [0.25, 0.3) is 11.1 Å². The van der Waals surface area contributed by atoms with Crippen LogP contribution in [-0.4, -0.2) is 61.9 Å². The first kappa shape index (κ1) is 37.1. The van der Waals surface area contributed by atoms with Crippen molar-refractivity contribution in [2.24, 2.45) is 11.6 Å². The Balaban J connectivity index is 1.28. The molecule has 0 saturated carbocycles. The summed E-state index contributed by atoms with van der Waals surface area (Å²) >= 11 is 0.780. The Morgan fingerprint density at radius 2 is 1.81 bits per heavy atom. The van der Waals surface area contributed by atoms with Crippen LogP contribution >= 0.6 is 27.4 Å². The lowest BCUT2D eigenvalue weighted by atomic mass is 10.0. The monoisotopic (exact) mass is 724 g/mol. The molecule has 3 atom stereocenters. The number of halogens is 1. The minimum atomic E-state index is -5.32. The van der Waals surface area contributed by atoms with Crippen LogP contribution < -0.4 is 32.5 Å². The van der Waals surface area contributed by atoms with Gasteiger partial charge in [0.15, 0.2) is 0 Å². The van der Waals surface area contributed by atoms with Crippen LogP contribution in [0.15, 0.2) is 83.5 Å². The van der Waals surface area contributed by atoms with E-state index in [1.165, 1.54) is 41.4 Å². The van der Waals surface area contributed by atoms with Crippen LogP contribution in [0.4, 0.5) is 19.7 Å². The van der Waals surface area contributed by atoms with Gasteiger partial charge in [0, 0.05) is 36.2 Å². The fourth-order valence-corrected chi connectivity index (χ4v) is 7.03. The predicted molar refractivity (Wildman–Crippen MR) is 178 cm³/mol. The molecule has 3 aromatic carbocycles. The van der Waals surface area contributed by atoms with Crippen molar-refractivity contribution in [2.75, 3.05) is 24.5 Å². The summed E-state index contributed by atoms with van der Waals surface area (Å²) in [4.78, 5) is 54.7. The number of hydrogen-bond donors (Lipinski definition) is 9. The van der Waals surface area contributed by atoms with Gasteiger partial charge in [-0.15, -0.1) is 0 Å². The SMILES string of the molecule is N/C=C(/CNCc1ccc(-c2ccc(N3C[C@H](CNC(=O)Sc4ccc(CC(O)([PH](=O)O)P(=O)(O)O)cc4)OC3=O)cc2F)cc1)NN. The van der Waals surface area contributed by atoms with Crippen molar-refractivity contribution < 1.29 is 47.6 Å². The molecule has 258 valence electrons. The number of ether oxygens (including phenoxy) is 1. The second-order valence-corrected chi connectivity index (χ2v) is 15.4. The van der Waals surface area contributed by atoms with Gasteiger partial charge in [-0.25, -0.2) is 9.18 Å². The van der Waals surface area contributed by atoms with Crippen LogP contribution in [0.1, 0.15) is 11.1 Å². The Morgan fingerprint density at radius 1 is 1.15 bits per heavy atom. The van der Waals surface area contributed by atoms with Crippen LogP contribution in [0, 0.1) is 5.82 Å². The molecule has 3 aromatic rings. The number of nitrogens with two attached hydrogens (primary N) is 2. The lowest BCUT2D eigenvalue weighted by Gasteiger charge is -2.25. The number of aliphatic hydroxyl groups is 1. The zero-order chi connectivity index (χ0) is 35.1. The van der Waals surface area contributed by atoms with Crippen molar-refractivity contribution in [1.29, 1.82) is 0 Å². The summed E-state index contributed by atoms with van der Waals surface area (Å²) in [5.74, 6) is 4.82. The molecule has 2 unspecified atom stereocenters. The molecule has 4 rings (SSSR count). The van der Waals surface area contributed by atoms with Crippen molar-refractivity contribution in [2.45, 2.75) is 29.0 Å². The van der Waals surface area contributed by atoms with E-state index in [-0.39, 0.29) is 18.7 Å². The highest BCUT2D eigenvalue weighted by Gasteiger charge is 2.50. The summed E-state index contributed by atoms with van der Waals surface area (Å²) in [5.41, 5.74) is 11.0. The van der Waals surface area contributed by atoms with Gasteiger partial charge < -0.3 is 46.3 Å². The zero-order valence-electron chi connectivity index (χ0n) is 25.2. The fraction of sp³-hybridized carbons (Fsp3) is 0.241. The topological polar surface area (TPSA) is 250 Å². The second kappa shape index (κ2) is 16.1. The molecule has 19 heteroatoms. The van der Waals surface area contributed by atoms with E-state index in [4.69, 9.17) is 16.3 Å². The lowest BCUT2D eigenvalue weighted by molar-refractivity contribution is 0.141. The quantitative estimate of drug-likeness (QED) is 0.0502. The minimum Gasteiger partial charge on any atom is -0.442 e. The van der Waals surface area contributed by atoms with E-state index < -0.39 is 50.4 Å². The van der Waals surface area contributed by atoms with Crippen LogP contribution in [0.5, 0.6) is 0 Å². The van der Waals surface area contributed by atoms with E-state index in [1.54, 1.807) is 24.3 Å². The minimum absolute atomic E-state index is 0.0272. The van der Waals surface area contributed by atoms with Gasteiger partial charge in [-0.1, -0.05) is 36.4 Å². The molecular formula is C29H35FN6O9P2S. The molecule has 0 aromatic heterocycles. The number of hydrogen-bond acceptors (Lipinski definition) is 11. The summed E-state index contributed by atoms with van der Waals surface area (Å²) in [6, 6.07) is 17.3. The van der Waals surface area contributed by atoms with Crippen molar-refractivity contribution in [3.05, 3.63) is 95.6 Å². The largest absolute Gasteiger partial charge is 0.442 e. The normalized spacial score (nSPS) is 17.0. The number of cyclic esters (lactones) is 1. The highest BCUT2D eigenvalue weighted by molar-refractivity contribution is 8.13. The molecule has 0 bridgehead atoms. The summed E-state index contributed by atoms with van der Waals surface area (Å²) in [6.07, 6.45) is -0.806. The predicted octanol–water partition coefficient (Wildman–Crippen LogP) is 2.51. The molecule has 1 aliphatic heterocycles. The first-order chi connectivity index (χ1) is 22.7. The Hall–Kier alpha value is -3.76. The van der Waals surface area contributed by atoms with Crippen molar-refractivity contribution in [1.82, 2.24) is 16.1 Å². The Labute approximate surface area is 279 Å². The van der Waals surface area contributed by atoms with Crippen molar-refractivity contribution >= 4 is 44.4 Å². The summed E-state index contributed by atoms with van der Waals surface area (Å²) in [5, 5.41) is 12.3. The highest BCUT2D eigenvalue weighted by Crippen LogP contribution is 2.61. The number of carbonyl (C=O) groups is 2. The van der Waals surface area contributed by atoms with E-state index in [1.807, 2.05) is 12.1 Å². The number of nitrogens with one attached hydrogen (secondary N) is 3. The molecule has 48 heavy (non-hydrogen) atoms. The van der Waals surface area contributed by atoms with Gasteiger partial charge in [0.05, 0.1) is 24.5 Å².